The molecule has 1 saturated heterocycles. The molecule has 1 heterocycles. The third-order valence-corrected chi connectivity index (χ3v) is 3.37. The summed E-state index contributed by atoms with van der Waals surface area (Å²) in [6, 6.07) is 2.81. The monoisotopic (exact) mass is 320 g/mol. The Bertz CT molecular complexity index is 528. The summed E-state index contributed by atoms with van der Waals surface area (Å²) in [5, 5.41) is 5.67. The zero-order chi connectivity index (χ0) is 16.2. The van der Waals surface area contributed by atoms with Gasteiger partial charge in [-0.3, -0.25) is 4.79 Å². The van der Waals surface area contributed by atoms with Crippen LogP contribution in [0, 0.1) is 11.7 Å². The molecule has 1 aliphatic heterocycles. The molecular weight excluding hydrogens is 304 g/mol. The molecule has 8 heteroatoms. The highest BCUT2D eigenvalue weighted by molar-refractivity contribution is 5.90. The van der Waals surface area contributed by atoms with Gasteiger partial charge in [-0.15, -0.1) is 13.2 Å². The molecule has 0 aromatic heterocycles. The average molecular weight is 320 g/mol. The Morgan fingerprint density at radius 3 is 2.59 bits per heavy atom. The summed E-state index contributed by atoms with van der Waals surface area (Å²) >= 11 is 0. The van der Waals surface area contributed by atoms with Gasteiger partial charge in [0.1, 0.15) is 0 Å². The second-order valence-corrected chi connectivity index (χ2v) is 5.14. The second kappa shape index (κ2) is 6.95. The van der Waals surface area contributed by atoms with Crippen LogP contribution >= 0.6 is 0 Å². The van der Waals surface area contributed by atoms with Crippen molar-refractivity contribution in [3.05, 3.63) is 24.0 Å². The average Bonchev–Trinajstić information content (AvgIpc) is 2.41. The lowest BCUT2D eigenvalue weighted by molar-refractivity contribution is -0.275. The maximum absolute atomic E-state index is 13.5. The van der Waals surface area contributed by atoms with Crippen molar-refractivity contribution in [1.82, 2.24) is 5.32 Å². The number of piperidine rings is 1. The zero-order valence-corrected chi connectivity index (χ0v) is 11.7. The van der Waals surface area contributed by atoms with Crippen LogP contribution in [0.15, 0.2) is 18.2 Å². The number of rotatable bonds is 4. The fraction of sp³-hybridized carbons (Fsp3) is 0.500. The van der Waals surface area contributed by atoms with Crippen LogP contribution in [0.3, 0.4) is 0 Å². The molecule has 1 amide bonds. The lowest BCUT2D eigenvalue weighted by Gasteiger charge is -2.22. The molecule has 1 aromatic carbocycles. The molecule has 0 radical (unpaired) electrons. The van der Waals surface area contributed by atoms with Gasteiger partial charge in [-0.2, -0.15) is 0 Å². The number of nitrogens with one attached hydrogen (secondary N) is 2. The fourth-order valence-corrected chi connectivity index (χ4v) is 2.35. The van der Waals surface area contributed by atoms with Crippen molar-refractivity contribution in [3.63, 3.8) is 0 Å². The van der Waals surface area contributed by atoms with E-state index in [1.54, 1.807) is 0 Å². The van der Waals surface area contributed by atoms with Crippen molar-refractivity contribution in [3.8, 4) is 5.75 Å². The minimum atomic E-state index is -4.96. The van der Waals surface area contributed by atoms with Crippen LogP contribution in [0.25, 0.3) is 0 Å². The number of ether oxygens (including phenoxy) is 1. The number of anilines is 1. The van der Waals surface area contributed by atoms with Crippen molar-refractivity contribution in [1.29, 1.82) is 0 Å². The van der Waals surface area contributed by atoms with Gasteiger partial charge in [0.05, 0.1) is 0 Å². The van der Waals surface area contributed by atoms with Gasteiger partial charge in [-0.1, -0.05) is 0 Å². The van der Waals surface area contributed by atoms with Crippen molar-refractivity contribution in [2.45, 2.75) is 25.6 Å². The van der Waals surface area contributed by atoms with Gasteiger partial charge in [0, 0.05) is 18.2 Å². The van der Waals surface area contributed by atoms with Crippen LogP contribution in [-0.4, -0.2) is 25.4 Å². The summed E-state index contributed by atoms with van der Waals surface area (Å²) in [4.78, 5) is 11.8. The van der Waals surface area contributed by atoms with Crippen molar-refractivity contribution < 1.29 is 27.1 Å². The molecule has 2 rings (SSSR count). The topological polar surface area (TPSA) is 50.4 Å². The van der Waals surface area contributed by atoms with E-state index in [1.807, 2.05) is 0 Å². The summed E-state index contributed by atoms with van der Waals surface area (Å²) in [5.74, 6) is -2.13. The Hall–Kier alpha value is -1.83. The van der Waals surface area contributed by atoms with E-state index >= 15 is 0 Å². The first-order valence-corrected chi connectivity index (χ1v) is 6.89. The van der Waals surface area contributed by atoms with Crippen molar-refractivity contribution in [2.75, 3.05) is 18.4 Å². The van der Waals surface area contributed by atoms with E-state index in [0.717, 1.165) is 38.1 Å². The molecular formula is C14H16F4N2O2. The van der Waals surface area contributed by atoms with E-state index in [-0.39, 0.29) is 17.5 Å². The molecule has 1 fully saturated rings. The molecule has 1 aliphatic rings. The minimum absolute atomic E-state index is 0.103. The number of amides is 1. The molecule has 22 heavy (non-hydrogen) atoms. The van der Waals surface area contributed by atoms with E-state index in [2.05, 4.69) is 15.4 Å². The third-order valence-electron chi connectivity index (χ3n) is 3.37. The van der Waals surface area contributed by atoms with Crippen LogP contribution < -0.4 is 15.4 Å². The first-order chi connectivity index (χ1) is 10.3. The normalized spacial score (nSPS) is 16.4. The first-order valence-electron chi connectivity index (χ1n) is 6.89. The predicted octanol–water partition coefficient (Wildman–Crippen LogP) is 3.05. The fourth-order valence-electron chi connectivity index (χ4n) is 2.35. The van der Waals surface area contributed by atoms with Gasteiger partial charge >= 0.3 is 6.36 Å². The van der Waals surface area contributed by atoms with Gasteiger partial charge in [-0.05, 0) is 44.0 Å². The molecule has 0 atom stereocenters. The largest absolute Gasteiger partial charge is 0.573 e. The van der Waals surface area contributed by atoms with Gasteiger partial charge in [-0.25, -0.2) is 4.39 Å². The van der Waals surface area contributed by atoms with Gasteiger partial charge in [0.2, 0.25) is 5.91 Å². The summed E-state index contributed by atoms with van der Waals surface area (Å²) in [6.07, 6.45) is -2.87. The molecule has 0 unspecified atom stereocenters. The Morgan fingerprint density at radius 2 is 2.00 bits per heavy atom. The molecule has 4 nitrogen and oxygen atoms in total. The van der Waals surface area contributed by atoms with Gasteiger partial charge < -0.3 is 15.4 Å². The van der Waals surface area contributed by atoms with Crippen LogP contribution in [0.1, 0.15) is 19.3 Å². The van der Waals surface area contributed by atoms with E-state index in [0.29, 0.717) is 6.42 Å². The number of benzene rings is 1. The number of halogens is 4. The van der Waals surface area contributed by atoms with Crippen LogP contribution in [0.4, 0.5) is 23.2 Å². The zero-order valence-electron chi connectivity index (χ0n) is 11.7. The molecule has 1 aromatic rings. The Morgan fingerprint density at radius 1 is 1.32 bits per heavy atom. The van der Waals surface area contributed by atoms with E-state index < -0.39 is 17.9 Å². The van der Waals surface area contributed by atoms with E-state index in [4.69, 9.17) is 0 Å². The van der Waals surface area contributed by atoms with Gasteiger partial charge in [0.25, 0.3) is 0 Å². The molecule has 0 aliphatic carbocycles. The SMILES string of the molecule is O=C(CC1CCNCC1)Nc1ccc(OC(F)(F)F)c(F)c1. The van der Waals surface area contributed by atoms with Crippen molar-refractivity contribution in [2.24, 2.45) is 5.92 Å². The highest BCUT2D eigenvalue weighted by atomic mass is 19.4. The second-order valence-electron chi connectivity index (χ2n) is 5.14. The number of carbonyl (C=O) groups is 1. The Labute approximate surface area is 124 Å². The Kier molecular flexibility index (Phi) is 5.23. The first kappa shape index (κ1) is 16.5. The predicted molar refractivity (Wildman–Crippen MR) is 71.9 cm³/mol. The quantitative estimate of drug-likeness (QED) is 0.839. The number of alkyl halides is 3. The number of carbonyl (C=O) groups excluding carboxylic acids is 1. The molecule has 0 saturated carbocycles. The van der Waals surface area contributed by atoms with Crippen LogP contribution in [0.2, 0.25) is 0 Å². The Balaban J connectivity index is 1.92. The summed E-state index contributed by atoms with van der Waals surface area (Å²) in [5.41, 5.74) is 0.103. The van der Waals surface area contributed by atoms with E-state index in [1.165, 1.54) is 6.07 Å². The standard InChI is InChI=1S/C14H16F4N2O2/c15-11-8-10(1-2-12(11)22-14(16,17)18)20-13(21)7-9-3-5-19-6-4-9/h1-2,8-9,19H,3-7H2,(H,20,21). The highest BCUT2D eigenvalue weighted by Gasteiger charge is 2.32. The lowest BCUT2D eigenvalue weighted by Crippen LogP contribution is -2.30. The number of hydrogen-bond acceptors (Lipinski definition) is 3. The number of hydrogen-bond donors (Lipinski definition) is 2. The van der Waals surface area contributed by atoms with Crippen LogP contribution in [-0.2, 0) is 4.79 Å². The molecule has 122 valence electrons. The third kappa shape index (κ3) is 5.18. The van der Waals surface area contributed by atoms with Crippen LogP contribution in [0.5, 0.6) is 5.75 Å². The smallest absolute Gasteiger partial charge is 0.403 e. The van der Waals surface area contributed by atoms with Gasteiger partial charge in [0.15, 0.2) is 11.6 Å². The molecule has 2 N–H and O–H groups in total. The van der Waals surface area contributed by atoms with E-state index in [9.17, 15) is 22.4 Å². The lowest BCUT2D eigenvalue weighted by atomic mass is 9.94. The molecule has 0 spiro atoms. The maximum atomic E-state index is 13.5. The highest BCUT2D eigenvalue weighted by Crippen LogP contribution is 2.27. The van der Waals surface area contributed by atoms with Crippen molar-refractivity contribution >= 4 is 11.6 Å². The summed E-state index contributed by atoms with van der Waals surface area (Å²) in [6.45, 7) is 1.71. The summed E-state index contributed by atoms with van der Waals surface area (Å²) < 4.78 is 53.1. The summed E-state index contributed by atoms with van der Waals surface area (Å²) in [7, 11) is 0. The minimum Gasteiger partial charge on any atom is -0.403 e. The maximum Gasteiger partial charge on any atom is 0.573 e. The molecule has 0 bridgehead atoms.